The summed E-state index contributed by atoms with van der Waals surface area (Å²) in [5.41, 5.74) is 3.21. The Morgan fingerprint density at radius 3 is 2.58 bits per heavy atom. The van der Waals surface area contributed by atoms with E-state index in [1.165, 1.54) is 12.1 Å². The number of methoxy groups -OCH3 is 1. The lowest BCUT2D eigenvalue weighted by atomic mass is 10.1. The molecule has 1 N–H and O–H groups in total. The largest absolute Gasteiger partial charge is 0.380 e. The van der Waals surface area contributed by atoms with Gasteiger partial charge in [-0.15, -0.1) is 0 Å². The molecule has 2 aromatic carbocycles. The summed E-state index contributed by atoms with van der Waals surface area (Å²) in [4.78, 5) is 0. The first-order valence-corrected chi connectivity index (χ1v) is 6.29. The molecule has 1 atom stereocenters. The van der Waals surface area contributed by atoms with Crippen molar-refractivity contribution < 1.29 is 9.13 Å². The van der Waals surface area contributed by atoms with Crippen molar-refractivity contribution >= 4 is 5.69 Å². The lowest BCUT2D eigenvalue weighted by Gasteiger charge is -2.16. The second kappa shape index (κ2) is 6.34. The van der Waals surface area contributed by atoms with E-state index in [-0.39, 0.29) is 11.9 Å². The minimum absolute atomic E-state index is 0.124. The summed E-state index contributed by atoms with van der Waals surface area (Å²) in [5.74, 6) is -0.210. The van der Waals surface area contributed by atoms with Gasteiger partial charge in [0.15, 0.2) is 0 Å². The number of halogens is 1. The molecule has 100 valence electrons. The normalized spacial score (nSPS) is 12.2. The summed E-state index contributed by atoms with van der Waals surface area (Å²) in [5, 5.41) is 3.40. The maximum Gasteiger partial charge on any atom is 0.123 e. The van der Waals surface area contributed by atoms with Crippen LogP contribution in [-0.4, -0.2) is 7.11 Å². The van der Waals surface area contributed by atoms with Gasteiger partial charge in [0.25, 0.3) is 0 Å². The van der Waals surface area contributed by atoms with Crippen LogP contribution in [0.25, 0.3) is 0 Å². The maximum atomic E-state index is 12.9. The molecule has 3 heteroatoms. The van der Waals surface area contributed by atoms with Crippen molar-refractivity contribution in [2.45, 2.75) is 19.6 Å². The first kappa shape index (κ1) is 13.6. The van der Waals surface area contributed by atoms with Gasteiger partial charge in [-0.2, -0.15) is 0 Å². The van der Waals surface area contributed by atoms with Crippen molar-refractivity contribution in [2.24, 2.45) is 0 Å². The fraction of sp³-hybridized carbons (Fsp3) is 0.250. The molecule has 19 heavy (non-hydrogen) atoms. The van der Waals surface area contributed by atoms with Crippen molar-refractivity contribution in [1.29, 1.82) is 0 Å². The molecule has 0 aliphatic carbocycles. The first-order chi connectivity index (χ1) is 9.19. The maximum absolute atomic E-state index is 12.9. The molecule has 2 rings (SSSR count). The number of hydrogen-bond acceptors (Lipinski definition) is 2. The molecule has 0 heterocycles. The second-order valence-corrected chi connectivity index (χ2v) is 4.55. The molecule has 0 bridgehead atoms. The summed E-state index contributed by atoms with van der Waals surface area (Å²) >= 11 is 0. The Bertz CT molecular complexity index is 525. The summed E-state index contributed by atoms with van der Waals surface area (Å²) in [7, 11) is 1.68. The lowest BCUT2D eigenvalue weighted by molar-refractivity contribution is 0.185. The van der Waals surface area contributed by atoms with Gasteiger partial charge >= 0.3 is 0 Å². The summed E-state index contributed by atoms with van der Waals surface area (Å²) in [6.45, 7) is 2.65. The summed E-state index contributed by atoms with van der Waals surface area (Å²) < 4.78 is 18.0. The van der Waals surface area contributed by atoms with E-state index >= 15 is 0 Å². The fourth-order valence-electron chi connectivity index (χ4n) is 2.00. The molecule has 1 unspecified atom stereocenters. The van der Waals surface area contributed by atoms with Crippen molar-refractivity contribution in [2.75, 3.05) is 12.4 Å². The van der Waals surface area contributed by atoms with Crippen LogP contribution in [-0.2, 0) is 11.3 Å². The molecular formula is C16H18FNO. The van der Waals surface area contributed by atoms with Crippen molar-refractivity contribution in [3.8, 4) is 0 Å². The molecule has 0 aromatic heterocycles. The Balaban J connectivity index is 2.07. The highest BCUT2D eigenvalue weighted by Crippen LogP contribution is 2.20. The summed E-state index contributed by atoms with van der Waals surface area (Å²) in [6.07, 6.45) is 0. The molecule has 0 amide bonds. The van der Waals surface area contributed by atoms with Gasteiger partial charge in [-0.3, -0.25) is 0 Å². The minimum atomic E-state index is -0.210. The van der Waals surface area contributed by atoms with Crippen LogP contribution in [0.1, 0.15) is 24.1 Å². The third-order valence-corrected chi connectivity index (χ3v) is 2.99. The zero-order chi connectivity index (χ0) is 13.7. The molecule has 0 fully saturated rings. The standard InChI is InChI=1S/C16H18FNO/c1-12(14-6-8-15(17)9-7-14)18-16-5-3-4-13(10-16)11-19-2/h3-10,12,18H,11H2,1-2H3. The predicted octanol–water partition coefficient (Wildman–Crippen LogP) is 4.15. The van der Waals surface area contributed by atoms with Crippen LogP contribution in [0.15, 0.2) is 48.5 Å². The Labute approximate surface area is 113 Å². The lowest BCUT2D eigenvalue weighted by Crippen LogP contribution is -2.06. The SMILES string of the molecule is COCc1cccc(NC(C)c2ccc(F)cc2)c1. The molecule has 0 radical (unpaired) electrons. The van der Waals surface area contributed by atoms with Crippen molar-refractivity contribution in [3.05, 3.63) is 65.5 Å². The van der Waals surface area contributed by atoms with E-state index in [0.29, 0.717) is 6.61 Å². The van der Waals surface area contributed by atoms with Crippen molar-refractivity contribution in [1.82, 2.24) is 0 Å². The summed E-state index contributed by atoms with van der Waals surface area (Å²) in [6, 6.07) is 14.8. The van der Waals surface area contributed by atoms with Crippen molar-refractivity contribution in [3.63, 3.8) is 0 Å². The first-order valence-electron chi connectivity index (χ1n) is 6.29. The molecule has 0 saturated carbocycles. The van der Waals surface area contributed by atoms with E-state index in [9.17, 15) is 4.39 Å². The number of anilines is 1. The monoisotopic (exact) mass is 259 g/mol. The topological polar surface area (TPSA) is 21.3 Å². The average molecular weight is 259 g/mol. The number of rotatable bonds is 5. The Hall–Kier alpha value is -1.87. The fourth-order valence-corrected chi connectivity index (χ4v) is 2.00. The number of ether oxygens (including phenoxy) is 1. The third kappa shape index (κ3) is 3.80. The number of nitrogens with one attached hydrogen (secondary N) is 1. The quantitative estimate of drug-likeness (QED) is 0.871. The second-order valence-electron chi connectivity index (χ2n) is 4.55. The van der Waals surface area contributed by atoms with E-state index < -0.39 is 0 Å². The van der Waals surface area contributed by atoms with Crippen LogP contribution in [0.3, 0.4) is 0 Å². The van der Waals surface area contributed by atoms with Gasteiger partial charge in [-0.1, -0.05) is 24.3 Å². The van der Waals surface area contributed by atoms with E-state index in [4.69, 9.17) is 4.74 Å². The zero-order valence-corrected chi connectivity index (χ0v) is 11.2. The number of benzene rings is 2. The molecular weight excluding hydrogens is 241 g/mol. The Morgan fingerprint density at radius 1 is 1.16 bits per heavy atom. The predicted molar refractivity (Wildman–Crippen MR) is 75.6 cm³/mol. The van der Waals surface area contributed by atoms with Gasteiger partial charge in [0.05, 0.1) is 6.61 Å². The number of hydrogen-bond donors (Lipinski definition) is 1. The van der Waals surface area contributed by atoms with Crippen LogP contribution in [0.2, 0.25) is 0 Å². The molecule has 0 aliphatic heterocycles. The van der Waals surface area contributed by atoms with Gasteiger partial charge in [-0.25, -0.2) is 4.39 Å². The van der Waals surface area contributed by atoms with E-state index in [1.54, 1.807) is 19.2 Å². The van der Waals surface area contributed by atoms with E-state index in [1.807, 2.05) is 18.2 Å². The smallest absolute Gasteiger partial charge is 0.123 e. The van der Waals surface area contributed by atoms with Crippen LogP contribution < -0.4 is 5.32 Å². The molecule has 2 nitrogen and oxygen atoms in total. The van der Waals surface area contributed by atoms with Gasteiger partial charge in [-0.05, 0) is 42.3 Å². The molecule has 0 spiro atoms. The van der Waals surface area contributed by atoms with Gasteiger partial charge in [0.2, 0.25) is 0 Å². The Kier molecular flexibility index (Phi) is 4.53. The van der Waals surface area contributed by atoms with E-state index in [0.717, 1.165) is 16.8 Å². The van der Waals surface area contributed by atoms with Crippen LogP contribution in [0.5, 0.6) is 0 Å². The highest BCUT2D eigenvalue weighted by Gasteiger charge is 2.05. The minimum Gasteiger partial charge on any atom is -0.380 e. The van der Waals surface area contributed by atoms with Gasteiger partial charge in [0, 0.05) is 18.8 Å². The highest BCUT2D eigenvalue weighted by atomic mass is 19.1. The molecule has 2 aromatic rings. The molecule has 0 saturated heterocycles. The van der Waals surface area contributed by atoms with Crippen LogP contribution in [0, 0.1) is 5.82 Å². The Morgan fingerprint density at radius 2 is 1.89 bits per heavy atom. The van der Waals surface area contributed by atoms with Crippen LogP contribution >= 0.6 is 0 Å². The van der Waals surface area contributed by atoms with E-state index in [2.05, 4.69) is 18.3 Å². The zero-order valence-electron chi connectivity index (χ0n) is 11.2. The third-order valence-electron chi connectivity index (χ3n) is 2.99. The van der Waals surface area contributed by atoms with Gasteiger partial charge < -0.3 is 10.1 Å². The molecule has 0 aliphatic rings. The van der Waals surface area contributed by atoms with Gasteiger partial charge in [0.1, 0.15) is 5.82 Å². The van der Waals surface area contributed by atoms with Crippen LogP contribution in [0.4, 0.5) is 10.1 Å². The highest BCUT2D eigenvalue weighted by molar-refractivity contribution is 5.47. The average Bonchev–Trinajstić information content (AvgIpc) is 2.40.